The minimum Gasteiger partial charge on any atom is -0.450 e. The maximum Gasteiger partial charge on any atom is 0.413 e. The molecule has 1 heterocycles. The first-order valence-corrected chi connectivity index (χ1v) is 7.15. The second kappa shape index (κ2) is 7.60. The summed E-state index contributed by atoms with van der Waals surface area (Å²) in [7, 11) is 0. The first-order chi connectivity index (χ1) is 11.4. The molecule has 0 saturated carbocycles. The highest BCUT2D eigenvalue weighted by atomic mass is 35.5. The average molecular weight is 354 g/mol. The molecule has 0 aliphatic rings. The highest BCUT2D eigenvalue weighted by Crippen LogP contribution is 2.17. The molecule has 126 valence electrons. The van der Waals surface area contributed by atoms with Crippen LogP contribution in [0.2, 0.25) is 5.02 Å². The largest absolute Gasteiger partial charge is 0.450 e. The summed E-state index contributed by atoms with van der Waals surface area (Å²) in [6, 6.07) is 5.27. The Labute approximate surface area is 140 Å². The van der Waals surface area contributed by atoms with Crippen LogP contribution in [0, 0.1) is 0 Å². The van der Waals surface area contributed by atoms with E-state index >= 15 is 0 Å². The number of carbonyl (C=O) groups excluding carboxylic acids is 3. The maximum atomic E-state index is 11.9. The Morgan fingerprint density at radius 1 is 1.21 bits per heavy atom. The molecule has 8 nitrogen and oxygen atoms in total. The van der Waals surface area contributed by atoms with Crippen LogP contribution in [-0.2, 0) is 14.3 Å². The summed E-state index contributed by atoms with van der Waals surface area (Å²) in [5.41, 5.74) is -0.337. The van der Waals surface area contributed by atoms with Crippen molar-refractivity contribution in [2.45, 2.75) is 6.92 Å². The third kappa shape index (κ3) is 4.32. The van der Waals surface area contributed by atoms with E-state index in [0.29, 0.717) is 5.02 Å². The number of benzene rings is 1. The van der Waals surface area contributed by atoms with Gasteiger partial charge in [-0.15, -0.1) is 0 Å². The molecule has 0 fully saturated rings. The molecule has 0 saturated heterocycles. The zero-order chi connectivity index (χ0) is 17.7. The Morgan fingerprint density at radius 2 is 1.96 bits per heavy atom. The molecule has 0 aliphatic heterocycles. The number of nitrogens with one attached hydrogen (secondary N) is 1. The number of hydrogen-bond acceptors (Lipinski definition) is 7. The molecule has 9 heteroatoms. The molecular formula is C15H12ClNO7. The van der Waals surface area contributed by atoms with Crippen LogP contribution in [0.5, 0.6) is 0 Å². The van der Waals surface area contributed by atoms with Crippen LogP contribution >= 0.6 is 11.6 Å². The van der Waals surface area contributed by atoms with Crippen molar-refractivity contribution >= 4 is 40.5 Å². The maximum absolute atomic E-state index is 11.9. The highest BCUT2D eigenvalue weighted by Gasteiger charge is 2.16. The van der Waals surface area contributed by atoms with Crippen molar-refractivity contribution in [3.63, 3.8) is 0 Å². The van der Waals surface area contributed by atoms with Crippen molar-refractivity contribution < 1.29 is 28.3 Å². The molecule has 2 aromatic rings. The summed E-state index contributed by atoms with van der Waals surface area (Å²) in [6.45, 7) is 0.921. The number of amides is 2. The Bertz CT molecular complexity index is 859. The SMILES string of the molecule is CCOC(=O)NC(=O)COC(=O)c1cc(=O)c2cc(Cl)ccc2o1. The van der Waals surface area contributed by atoms with Crippen molar-refractivity contribution in [2.75, 3.05) is 13.2 Å². The summed E-state index contributed by atoms with van der Waals surface area (Å²) in [5, 5.41) is 2.41. The minimum atomic E-state index is -1.03. The Kier molecular flexibility index (Phi) is 5.54. The average Bonchev–Trinajstić information content (AvgIpc) is 2.53. The highest BCUT2D eigenvalue weighted by molar-refractivity contribution is 6.31. The van der Waals surface area contributed by atoms with Crippen molar-refractivity contribution in [1.29, 1.82) is 0 Å². The summed E-state index contributed by atoms with van der Waals surface area (Å²) >= 11 is 5.79. The van der Waals surface area contributed by atoms with Crippen molar-refractivity contribution in [2.24, 2.45) is 0 Å². The van der Waals surface area contributed by atoms with Gasteiger partial charge in [0.2, 0.25) is 5.76 Å². The van der Waals surface area contributed by atoms with Gasteiger partial charge in [0.1, 0.15) is 5.58 Å². The lowest BCUT2D eigenvalue weighted by atomic mass is 10.2. The van der Waals surface area contributed by atoms with Crippen LogP contribution in [0.1, 0.15) is 17.5 Å². The van der Waals surface area contributed by atoms with Gasteiger partial charge in [-0.05, 0) is 25.1 Å². The molecule has 1 aromatic heterocycles. The van der Waals surface area contributed by atoms with Crippen LogP contribution in [0.15, 0.2) is 33.5 Å². The number of alkyl carbamates (subject to hydrolysis) is 1. The van der Waals surface area contributed by atoms with Gasteiger partial charge in [-0.1, -0.05) is 11.6 Å². The van der Waals surface area contributed by atoms with Gasteiger partial charge in [0.25, 0.3) is 5.91 Å². The molecule has 1 N–H and O–H groups in total. The number of fused-ring (bicyclic) bond motifs is 1. The normalized spacial score (nSPS) is 10.2. The lowest BCUT2D eigenvalue weighted by Crippen LogP contribution is -2.34. The molecule has 24 heavy (non-hydrogen) atoms. The molecule has 1 aromatic carbocycles. The van der Waals surface area contributed by atoms with Crippen LogP contribution in [0.25, 0.3) is 11.0 Å². The number of ether oxygens (including phenoxy) is 2. The molecule has 0 unspecified atom stereocenters. The molecule has 2 amide bonds. The second-order valence-electron chi connectivity index (χ2n) is 4.46. The lowest BCUT2D eigenvalue weighted by molar-refractivity contribution is -0.123. The quantitative estimate of drug-likeness (QED) is 0.835. The number of rotatable bonds is 4. The van der Waals surface area contributed by atoms with Gasteiger partial charge < -0.3 is 13.9 Å². The van der Waals surface area contributed by atoms with Crippen LogP contribution in [0.3, 0.4) is 0 Å². The molecule has 0 bridgehead atoms. The Morgan fingerprint density at radius 3 is 2.67 bits per heavy atom. The van der Waals surface area contributed by atoms with E-state index in [4.69, 9.17) is 16.0 Å². The van der Waals surface area contributed by atoms with Gasteiger partial charge in [0.15, 0.2) is 12.0 Å². The molecule has 0 spiro atoms. The van der Waals surface area contributed by atoms with E-state index in [0.717, 1.165) is 6.07 Å². The third-order valence-electron chi connectivity index (χ3n) is 2.74. The molecule has 2 rings (SSSR count). The predicted molar refractivity (Wildman–Crippen MR) is 82.9 cm³/mol. The Hall–Kier alpha value is -2.87. The first-order valence-electron chi connectivity index (χ1n) is 6.78. The van der Waals surface area contributed by atoms with Gasteiger partial charge in [0, 0.05) is 11.1 Å². The minimum absolute atomic E-state index is 0.0885. The monoisotopic (exact) mass is 353 g/mol. The van der Waals surface area contributed by atoms with Gasteiger partial charge in [-0.3, -0.25) is 14.9 Å². The van der Waals surface area contributed by atoms with E-state index in [1.807, 2.05) is 5.32 Å². The molecule has 0 atom stereocenters. The second-order valence-corrected chi connectivity index (χ2v) is 4.90. The number of esters is 1. The number of imide groups is 1. The smallest absolute Gasteiger partial charge is 0.413 e. The first kappa shape index (κ1) is 17.5. The standard InChI is InChI=1S/C15H12ClNO7/c1-2-22-15(21)17-13(19)7-23-14(20)12-6-10(18)9-5-8(16)3-4-11(9)24-12/h3-6H,2,7H2,1H3,(H,17,19,21). The van der Waals surface area contributed by atoms with Crippen molar-refractivity contribution in [3.05, 3.63) is 45.3 Å². The topological polar surface area (TPSA) is 112 Å². The Balaban J connectivity index is 2.06. The number of hydrogen-bond donors (Lipinski definition) is 1. The summed E-state index contributed by atoms with van der Waals surface area (Å²) in [4.78, 5) is 46.2. The summed E-state index contributed by atoms with van der Waals surface area (Å²) < 4.78 is 14.4. The van der Waals surface area contributed by atoms with E-state index in [2.05, 4.69) is 9.47 Å². The molecule has 0 aliphatic carbocycles. The van der Waals surface area contributed by atoms with Crippen LogP contribution in [0.4, 0.5) is 4.79 Å². The summed E-state index contributed by atoms with van der Waals surface area (Å²) in [5.74, 6) is -2.28. The van der Waals surface area contributed by atoms with Gasteiger partial charge in [-0.25, -0.2) is 9.59 Å². The summed E-state index contributed by atoms with van der Waals surface area (Å²) in [6.07, 6.45) is -0.951. The number of carbonyl (C=O) groups is 3. The van der Waals surface area contributed by atoms with Crippen molar-refractivity contribution in [3.8, 4) is 0 Å². The molecular weight excluding hydrogens is 342 g/mol. The zero-order valence-corrected chi connectivity index (χ0v) is 13.2. The van der Waals surface area contributed by atoms with Gasteiger partial charge in [-0.2, -0.15) is 0 Å². The predicted octanol–water partition coefficient (Wildman–Crippen LogP) is 1.88. The molecule has 0 radical (unpaired) electrons. The van der Waals surface area contributed by atoms with Crippen LogP contribution in [-0.4, -0.2) is 31.2 Å². The van der Waals surface area contributed by atoms with Crippen molar-refractivity contribution in [1.82, 2.24) is 5.32 Å². The third-order valence-corrected chi connectivity index (χ3v) is 2.98. The van der Waals surface area contributed by atoms with E-state index in [1.165, 1.54) is 18.2 Å². The van der Waals surface area contributed by atoms with E-state index in [1.54, 1.807) is 6.92 Å². The van der Waals surface area contributed by atoms with E-state index in [-0.39, 0.29) is 23.3 Å². The zero-order valence-electron chi connectivity index (χ0n) is 12.5. The van der Waals surface area contributed by atoms with Gasteiger partial charge in [0.05, 0.1) is 12.0 Å². The number of halogens is 1. The van der Waals surface area contributed by atoms with Gasteiger partial charge >= 0.3 is 12.1 Å². The fourth-order valence-electron chi connectivity index (χ4n) is 1.75. The fraction of sp³-hybridized carbons (Fsp3) is 0.200. The fourth-order valence-corrected chi connectivity index (χ4v) is 1.92. The van der Waals surface area contributed by atoms with E-state index in [9.17, 15) is 19.2 Å². The lowest BCUT2D eigenvalue weighted by Gasteiger charge is -2.06. The van der Waals surface area contributed by atoms with Crippen LogP contribution < -0.4 is 10.7 Å². The van der Waals surface area contributed by atoms with E-state index < -0.39 is 30.0 Å².